The highest BCUT2D eigenvalue weighted by molar-refractivity contribution is 7.89. The van der Waals surface area contributed by atoms with Gasteiger partial charge in [0, 0.05) is 5.02 Å². The van der Waals surface area contributed by atoms with E-state index in [9.17, 15) is 13.2 Å². The van der Waals surface area contributed by atoms with Crippen LogP contribution in [0.25, 0.3) is 0 Å². The average Bonchev–Trinajstić information content (AvgIpc) is 2.80. The molecule has 5 nitrogen and oxygen atoms in total. The van der Waals surface area contributed by atoms with Crippen molar-refractivity contribution in [2.45, 2.75) is 17.9 Å². The van der Waals surface area contributed by atoms with Crippen LogP contribution in [0, 0.1) is 6.92 Å². The summed E-state index contributed by atoms with van der Waals surface area (Å²) in [6, 6.07) is 11.8. The number of carbonyl (C=O) groups excluding carboxylic acids is 1. The summed E-state index contributed by atoms with van der Waals surface area (Å²) in [5.74, 6) is 0. The third-order valence-corrected chi connectivity index (χ3v) is 6.66. The first-order valence-electron chi connectivity index (χ1n) is 8.65. The summed E-state index contributed by atoms with van der Waals surface area (Å²) in [6.07, 6.45) is 8.78. The second-order valence-corrected chi connectivity index (χ2v) is 8.77. The third-order valence-electron chi connectivity index (χ3n) is 4.64. The minimum atomic E-state index is -4.04. The van der Waals surface area contributed by atoms with Crippen LogP contribution in [-0.4, -0.2) is 24.8 Å². The van der Waals surface area contributed by atoms with Gasteiger partial charge >= 0.3 is 6.03 Å². The lowest BCUT2D eigenvalue weighted by molar-refractivity contribution is 0.236. The van der Waals surface area contributed by atoms with E-state index in [1.54, 1.807) is 66.8 Å². The fourth-order valence-corrected chi connectivity index (χ4v) is 4.84. The zero-order valence-corrected chi connectivity index (χ0v) is 16.6. The van der Waals surface area contributed by atoms with Gasteiger partial charge in [-0.25, -0.2) is 17.5 Å². The summed E-state index contributed by atoms with van der Waals surface area (Å²) in [4.78, 5) is 14.8. The van der Waals surface area contributed by atoms with Gasteiger partial charge < -0.3 is 0 Å². The Hall–Kier alpha value is -2.83. The number of nitrogens with zero attached hydrogens (tertiary/aromatic N) is 2. The van der Waals surface area contributed by atoms with Crippen molar-refractivity contribution in [3.05, 3.63) is 95.2 Å². The number of aryl methyl sites for hydroxylation is 1. The molecule has 7 heteroatoms. The van der Waals surface area contributed by atoms with Crippen molar-refractivity contribution in [3.63, 3.8) is 0 Å². The summed E-state index contributed by atoms with van der Waals surface area (Å²) in [5.41, 5.74) is 2.05. The number of fused-ring (bicyclic) bond motifs is 1. The van der Waals surface area contributed by atoms with Gasteiger partial charge in [0.1, 0.15) is 6.04 Å². The van der Waals surface area contributed by atoms with Gasteiger partial charge in [-0.3, -0.25) is 4.90 Å². The number of halogens is 1. The molecule has 0 N–H and O–H groups in total. The molecule has 0 saturated carbocycles. The normalized spacial score (nSPS) is 18.9. The fourth-order valence-electron chi connectivity index (χ4n) is 3.24. The van der Waals surface area contributed by atoms with E-state index in [-0.39, 0.29) is 4.90 Å². The lowest BCUT2D eigenvalue weighted by atomic mass is 10.2. The second-order valence-electron chi connectivity index (χ2n) is 6.51. The molecule has 1 heterocycles. The maximum Gasteiger partial charge on any atom is 0.343 e. The minimum absolute atomic E-state index is 0.0781. The Labute approximate surface area is 168 Å². The lowest BCUT2D eigenvalue weighted by Gasteiger charge is -2.20. The first-order chi connectivity index (χ1) is 13.4. The van der Waals surface area contributed by atoms with Crippen molar-refractivity contribution in [1.82, 2.24) is 4.31 Å². The molecule has 0 spiro atoms. The number of sulfonamides is 1. The molecule has 1 fully saturated rings. The van der Waals surface area contributed by atoms with Gasteiger partial charge in [0.25, 0.3) is 10.0 Å². The van der Waals surface area contributed by atoms with Crippen molar-refractivity contribution in [2.75, 3.05) is 4.90 Å². The Morgan fingerprint density at radius 1 is 0.929 bits per heavy atom. The van der Waals surface area contributed by atoms with E-state index >= 15 is 0 Å². The number of carbonyl (C=O) groups is 1. The fraction of sp³-hybridized carbons (Fsp3) is 0.0952. The molecule has 0 radical (unpaired) electrons. The number of anilines is 1. The van der Waals surface area contributed by atoms with Gasteiger partial charge in [-0.1, -0.05) is 53.6 Å². The number of benzene rings is 2. The zero-order chi connectivity index (χ0) is 19.9. The summed E-state index contributed by atoms with van der Waals surface area (Å²) in [7, 11) is -4.04. The predicted octanol–water partition coefficient (Wildman–Crippen LogP) is 4.66. The van der Waals surface area contributed by atoms with Gasteiger partial charge in [-0.05, 0) is 49.4 Å². The van der Waals surface area contributed by atoms with Crippen molar-refractivity contribution in [1.29, 1.82) is 0 Å². The molecule has 142 valence electrons. The molecule has 0 bridgehead atoms. The van der Waals surface area contributed by atoms with Crippen molar-refractivity contribution in [3.8, 4) is 0 Å². The van der Waals surface area contributed by atoms with Crippen LogP contribution in [0.2, 0.25) is 5.02 Å². The Morgan fingerprint density at radius 2 is 1.61 bits per heavy atom. The number of urea groups is 1. The van der Waals surface area contributed by atoms with E-state index in [0.717, 1.165) is 9.87 Å². The van der Waals surface area contributed by atoms with Gasteiger partial charge in [-0.15, -0.1) is 0 Å². The Kier molecular flexibility index (Phi) is 4.61. The monoisotopic (exact) mass is 412 g/mol. The van der Waals surface area contributed by atoms with Crippen LogP contribution in [-0.2, 0) is 10.0 Å². The summed E-state index contributed by atoms with van der Waals surface area (Å²) in [6.45, 7) is 1.88. The Morgan fingerprint density at radius 3 is 2.29 bits per heavy atom. The predicted molar refractivity (Wildman–Crippen MR) is 110 cm³/mol. The lowest BCUT2D eigenvalue weighted by Crippen LogP contribution is -2.39. The van der Waals surface area contributed by atoms with E-state index in [0.29, 0.717) is 16.4 Å². The van der Waals surface area contributed by atoms with Crippen LogP contribution < -0.4 is 4.90 Å². The van der Waals surface area contributed by atoms with Crippen LogP contribution in [0.15, 0.2) is 89.5 Å². The van der Waals surface area contributed by atoms with Crippen molar-refractivity contribution >= 4 is 33.3 Å². The first-order valence-corrected chi connectivity index (χ1v) is 10.5. The molecule has 1 unspecified atom stereocenters. The minimum Gasteiger partial charge on any atom is -0.263 e. The smallest absolute Gasteiger partial charge is 0.263 e. The van der Waals surface area contributed by atoms with Gasteiger partial charge in [0.15, 0.2) is 0 Å². The zero-order valence-electron chi connectivity index (χ0n) is 15.0. The number of amides is 2. The number of allylic oxidation sites excluding steroid dienone is 4. The quantitative estimate of drug-likeness (QED) is 0.736. The van der Waals surface area contributed by atoms with E-state index in [1.807, 2.05) is 6.92 Å². The maximum atomic E-state index is 13.3. The van der Waals surface area contributed by atoms with Crippen LogP contribution in [0.3, 0.4) is 0 Å². The number of hydrogen-bond donors (Lipinski definition) is 0. The molecule has 1 aliphatic heterocycles. The Balaban J connectivity index is 1.85. The van der Waals surface area contributed by atoms with Gasteiger partial charge in [0.2, 0.25) is 0 Å². The summed E-state index contributed by atoms with van der Waals surface area (Å²) in [5, 5.41) is 0.533. The average molecular weight is 413 g/mol. The van der Waals surface area contributed by atoms with E-state index in [2.05, 4.69) is 0 Å². The largest absolute Gasteiger partial charge is 0.343 e. The first kappa shape index (κ1) is 18.5. The molecular formula is C21H17ClN2O3S. The molecule has 4 rings (SSSR count). The van der Waals surface area contributed by atoms with Gasteiger partial charge in [-0.2, -0.15) is 0 Å². The van der Waals surface area contributed by atoms with E-state index in [1.165, 1.54) is 17.0 Å². The summed E-state index contributed by atoms with van der Waals surface area (Å²) < 4.78 is 27.6. The molecule has 28 heavy (non-hydrogen) atoms. The van der Waals surface area contributed by atoms with E-state index in [4.69, 9.17) is 11.6 Å². The molecule has 2 aliphatic rings. The molecule has 2 amide bonds. The van der Waals surface area contributed by atoms with E-state index < -0.39 is 22.1 Å². The highest BCUT2D eigenvalue weighted by Gasteiger charge is 2.48. The van der Waals surface area contributed by atoms with Crippen LogP contribution in [0.4, 0.5) is 10.5 Å². The van der Waals surface area contributed by atoms with Crippen LogP contribution >= 0.6 is 11.6 Å². The van der Waals surface area contributed by atoms with Crippen LogP contribution in [0.1, 0.15) is 5.56 Å². The maximum absolute atomic E-state index is 13.3. The van der Waals surface area contributed by atoms with Gasteiger partial charge in [0.05, 0.1) is 16.3 Å². The molecule has 1 aliphatic carbocycles. The SMILES string of the molecule is Cc1ccc(S(=O)(=O)N2C(=O)N(c3ccc(Cl)cc3)C3=CC=CC=CC32)cc1. The highest BCUT2D eigenvalue weighted by Crippen LogP contribution is 2.37. The number of hydrogen-bond acceptors (Lipinski definition) is 3. The molecule has 1 saturated heterocycles. The Bertz CT molecular complexity index is 1120. The summed E-state index contributed by atoms with van der Waals surface area (Å²) >= 11 is 5.97. The highest BCUT2D eigenvalue weighted by atomic mass is 35.5. The second kappa shape index (κ2) is 6.96. The van der Waals surface area contributed by atoms with Crippen molar-refractivity contribution in [2.24, 2.45) is 0 Å². The third kappa shape index (κ3) is 3.04. The standard InChI is InChI=1S/C21H17ClN2O3S/c1-15-7-13-18(14-8-15)28(26,27)24-20-6-4-2-3-5-19(20)23(21(24)25)17-11-9-16(22)10-12-17/h2-14,20H,1H3. The molecule has 2 aromatic rings. The van der Waals surface area contributed by atoms with Crippen LogP contribution in [0.5, 0.6) is 0 Å². The topological polar surface area (TPSA) is 57.7 Å². The van der Waals surface area contributed by atoms with Crippen molar-refractivity contribution < 1.29 is 13.2 Å². The molecule has 2 aromatic carbocycles. The molecule has 0 aromatic heterocycles. The molecule has 1 atom stereocenters. The number of rotatable bonds is 3. The molecular weight excluding hydrogens is 396 g/mol.